The van der Waals surface area contributed by atoms with Crippen LogP contribution in [0.5, 0.6) is 5.75 Å². The zero-order valence-electron chi connectivity index (χ0n) is 18.4. The predicted molar refractivity (Wildman–Crippen MR) is 129 cm³/mol. The van der Waals surface area contributed by atoms with Gasteiger partial charge in [0.05, 0.1) is 17.9 Å². The first-order valence-corrected chi connectivity index (χ1v) is 12.4. The number of amides is 1. The summed E-state index contributed by atoms with van der Waals surface area (Å²) in [5.41, 5.74) is 8.82. The molecule has 1 saturated heterocycles. The Balaban J connectivity index is 1.44. The fourth-order valence-corrected chi connectivity index (χ4v) is 5.04. The summed E-state index contributed by atoms with van der Waals surface area (Å²) < 4.78 is 25.1. The van der Waals surface area contributed by atoms with Gasteiger partial charge >= 0.3 is 0 Å². The van der Waals surface area contributed by atoms with Crippen molar-refractivity contribution in [1.82, 2.24) is 9.88 Å². The molecule has 0 aliphatic carbocycles. The van der Waals surface area contributed by atoms with E-state index in [0.29, 0.717) is 35.7 Å². The highest BCUT2D eigenvalue weighted by Gasteiger charge is 2.27. The Labute approximate surface area is 189 Å². The smallest absolute Gasteiger partial charge is 0.253 e. The Hall–Kier alpha value is -3.07. The maximum absolute atomic E-state index is 13.1. The van der Waals surface area contributed by atoms with E-state index in [9.17, 15) is 9.00 Å². The molecular weight excluding hydrogens is 426 g/mol. The third-order valence-electron chi connectivity index (χ3n) is 5.70. The van der Waals surface area contributed by atoms with Crippen molar-refractivity contribution >= 4 is 33.2 Å². The summed E-state index contributed by atoms with van der Waals surface area (Å²) in [6.07, 6.45) is 3.60. The van der Waals surface area contributed by atoms with Crippen LogP contribution in [0.1, 0.15) is 54.2 Å². The van der Waals surface area contributed by atoms with Crippen LogP contribution in [0.4, 0.5) is 5.69 Å². The average Bonchev–Trinajstić information content (AvgIpc) is 2.76. The number of piperidine rings is 1. The third-order valence-corrected chi connectivity index (χ3v) is 6.73. The molecular formula is C23H29N5O3S. The quantitative estimate of drug-likeness (QED) is 0.674. The molecule has 0 saturated carbocycles. The zero-order chi connectivity index (χ0) is 22.9. The Morgan fingerprint density at radius 3 is 3.00 bits per heavy atom. The van der Waals surface area contributed by atoms with Gasteiger partial charge in [0.1, 0.15) is 11.6 Å². The Bertz CT molecular complexity index is 1160. The molecule has 2 aromatic rings. The molecule has 32 heavy (non-hydrogen) atoms. The van der Waals surface area contributed by atoms with Gasteiger partial charge in [-0.05, 0) is 48.9 Å². The summed E-state index contributed by atoms with van der Waals surface area (Å²) in [5, 5.41) is 0. The van der Waals surface area contributed by atoms with Crippen molar-refractivity contribution in [3.8, 4) is 5.75 Å². The molecule has 3 N–H and O–H groups in total. The highest BCUT2D eigenvalue weighted by atomic mass is 32.2. The Kier molecular flexibility index (Phi) is 6.10. The van der Waals surface area contributed by atoms with Crippen LogP contribution in [0.25, 0.3) is 0 Å². The van der Waals surface area contributed by atoms with Gasteiger partial charge in [-0.3, -0.25) is 14.5 Å². The molecule has 2 aliphatic heterocycles. The molecule has 2 aliphatic rings. The van der Waals surface area contributed by atoms with Crippen LogP contribution in [0.2, 0.25) is 0 Å². The second-order valence-corrected chi connectivity index (χ2v) is 10.3. The summed E-state index contributed by atoms with van der Waals surface area (Å²) >= 11 is 0. The number of anilines is 1. The number of rotatable bonds is 5. The Morgan fingerprint density at radius 1 is 1.41 bits per heavy atom. The van der Waals surface area contributed by atoms with Crippen LogP contribution >= 0.6 is 0 Å². The summed E-state index contributed by atoms with van der Waals surface area (Å²) in [6.45, 7) is 5.93. The van der Waals surface area contributed by atoms with Crippen LogP contribution in [-0.2, 0) is 9.89 Å². The number of ether oxygens (including phenoxy) is 1. The standard InChI is InChI=1S/C23H29N5O3S/c1-15(2)19-12-17(9-10-25-19)23(29)28-11-5-6-16(13-28)14-31-20-8-4-7-18-21(20)22(24)27-32(3,30)26-18/h4,7-10,12,15-16H,3,5-6,11,13-14H2,1-2H3,(H3,24,26,27,30)/t16-,32?/m0/s1. The number of benzene rings is 1. The van der Waals surface area contributed by atoms with Crippen molar-refractivity contribution in [2.24, 2.45) is 16.0 Å². The normalized spacial score (nSPS) is 22.7. The van der Waals surface area contributed by atoms with E-state index in [1.807, 2.05) is 23.1 Å². The van der Waals surface area contributed by atoms with Crippen molar-refractivity contribution < 1.29 is 13.7 Å². The minimum atomic E-state index is -2.84. The number of fused-ring (bicyclic) bond motifs is 1. The van der Waals surface area contributed by atoms with Crippen LogP contribution in [0, 0.1) is 5.92 Å². The van der Waals surface area contributed by atoms with E-state index >= 15 is 0 Å². The lowest BCUT2D eigenvalue weighted by Crippen LogP contribution is -2.41. The van der Waals surface area contributed by atoms with Crippen LogP contribution in [0.3, 0.4) is 0 Å². The largest absolute Gasteiger partial charge is 0.492 e. The third kappa shape index (κ3) is 4.72. The fraction of sp³-hybridized carbons (Fsp3) is 0.391. The first-order chi connectivity index (χ1) is 15.2. The van der Waals surface area contributed by atoms with Gasteiger partial charge in [0.2, 0.25) is 0 Å². The van der Waals surface area contributed by atoms with Crippen LogP contribution in [0.15, 0.2) is 40.9 Å². The molecule has 1 aromatic carbocycles. The number of hydrogen-bond donors (Lipinski definition) is 2. The lowest BCUT2D eigenvalue weighted by atomic mass is 9.98. The number of nitrogens with one attached hydrogen (secondary N) is 1. The molecule has 0 bridgehead atoms. The second-order valence-electron chi connectivity index (χ2n) is 8.59. The van der Waals surface area contributed by atoms with Gasteiger partial charge in [-0.15, -0.1) is 0 Å². The zero-order valence-corrected chi connectivity index (χ0v) is 19.2. The first-order valence-electron chi connectivity index (χ1n) is 10.8. The van der Waals surface area contributed by atoms with E-state index in [0.717, 1.165) is 25.1 Å². The molecule has 4 rings (SSSR count). The molecule has 2 atom stereocenters. The number of pyridine rings is 1. The van der Waals surface area contributed by atoms with Gasteiger partial charge < -0.3 is 15.4 Å². The van der Waals surface area contributed by atoms with Crippen LogP contribution < -0.4 is 15.2 Å². The van der Waals surface area contributed by atoms with Gasteiger partial charge in [0, 0.05) is 36.5 Å². The van der Waals surface area contributed by atoms with Gasteiger partial charge in [0.25, 0.3) is 5.91 Å². The van der Waals surface area contributed by atoms with Crippen LogP contribution in [-0.4, -0.2) is 51.4 Å². The van der Waals surface area contributed by atoms with E-state index in [2.05, 4.69) is 33.8 Å². The van der Waals surface area contributed by atoms with Crippen molar-refractivity contribution in [3.63, 3.8) is 0 Å². The molecule has 8 nitrogen and oxygen atoms in total. The summed E-state index contributed by atoms with van der Waals surface area (Å²) in [7, 11) is -2.84. The highest BCUT2D eigenvalue weighted by molar-refractivity contribution is 8.00. The number of aromatic nitrogens is 1. The number of carbonyl (C=O) groups is 1. The number of hydrogen-bond acceptors (Lipinski definition) is 5. The average molecular weight is 456 g/mol. The second kappa shape index (κ2) is 8.82. The minimum Gasteiger partial charge on any atom is -0.492 e. The van der Waals surface area contributed by atoms with E-state index in [1.54, 1.807) is 18.3 Å². The van der Waals surface area contributed by atoms with Crippen molar-refractivity contribution in [3.05, 3.63) is 53.3 Å². The molecule has 1 fully saturated rings. The molecule has 0 spiro atoms. The molecule has 3 heterocycles. The minimum absolute atomic E-state index is 0.0295. The maximum atomic E-state index is 13.1. The molecule has 1 aromatic heterocycles. The van der Waals surface area contributed by atoms with E-state index in [1.165, 1.54) is 0 Å². The lowest BCUT2D eigenvalue weighted by molar-refractivity contribution is 0.0633. The number of carbonyl (C=O) groups excluding carboxylic acids is 1. The summed E-state index contributed by atoms with van der Waals surface area (Å²) in [6, 6.07) is 9.06. The number of likely N-dealkylation sites (tertiary alicyclic amines) is 1. The molecule has 1 amide bonds. The lowest BCUT2D eigenvalue weighted by Gasteiger charge is -2.33. The fourth-order valence-electron chi connectivity index (χ4n) is 4.07. The van der Waals surface area contributed by atoms with Gasteiger partial charge in [-0.2, -0.15) is 4.40 Å². The predicted octanol–water partition coefficient (Wildman–Crippen LogP) is 2.81. The maximum Gasteiger partial charge on any atom is 0.253 e. The van der Waals surface area contributed by atoms with E-state index in [4.69, 9.17) is 10.5 Å². The highest BCUT2D eigenvalue weighted by Crippen LogP contribution is 2.31. The van der Waals surface area contributed by atoms with E-state index < -0.39 is 9.89 Å². The number of nitrogens with zero attached hydrogens (tertiary/aromatic N) is 3. The number of nitrogens with two attached hydrogens (primary N) is 1. The van der Waals surface area contributed by atoms with Crippen molar-refractivity contribution in [1.29, 1.82) is 0 Å². The van der Waals surface area contributed by atoms with Gasteiger partial charge in [0.15, 0.2) is 9.89 Å². The van der Waals surface area contributed by atoms with E-state index in [-0.39, 0.29) is 23.6 Å². The van der Waals surface area contributed by atoms with Crippen molar-refractivity contribution in [2.75, 3.05) is 24.4 Å². The first kappa shape index (κ1) is 22.1. The molecule has 0 radical (unpaired) electrons. The van der Waals surface area contributed by atoms with Gasteiger partial charge in [-0.1, -0.05) is 19.9 Å². The summed E-state index contributed by atoms with van der Waals surface area (Å²) in [5.74, 6) is 4.77. The Morgan fingerprint density at radius 2 is 2.22 bits per heavy atom. The topological polar surface area (TPSA) is 110 Å². The number of amidine groups is 1. The molecule has 1 unspecified atom stereocenters. The molecule has 9 heteroatoms. The molecule has 170 valence electrons. The monoisotopic (exact) mass is 455 g/mol. The SMILES string of the molecule is C=S1(=O)N=C(N)c2c(cccc2OC[C@H]2CCCN(C(=O)c3ccnc(C(C)C)c3)C2)N1. The van der Waals surface area contributed by atoms with Crippen molar-refractivity contribution in [2.45, 2.75) is 32.6 Å². The van der Waals surface area contributed by atoms with Gasteiger partial charge in [-0.25, -0.2) is 4.21 Å². The summed E-state index contributed by atoms with van der Waals surface area (Å²) in [4.78, 5) is 19.3.